The van der Waals surface area contributed by atoms with Crippen molar-refractivity contribution in [1.29, 1.82) is 0 Å². The van der Waals surface area contributed by atoms with Crippen LogP contribution in [0.4, 0.5) is 0 Å². The standard InChI is InChI=1S/C25H29NO6/c1-6-26(7-2)17-8-9-18(24-19(27)12-20(24)28)22(11-17)32-23(29)13-31-21-10-14(3)25(30)16(5)15(21)4/h8-12,18,24H,6-7,13H2,1-5H3,(H-,27,28,30)/p+1. The Hall–Kier alpha value is -3.35. The van der Waals surface area contributed by atoms with Crippen LogP contribution in [-0.2, 0) is 14.3 Å². The first-order valence-corrected chi connectivity index (χ1v) is 10.8. The molecule has 2 aliphatic rings. The minimum Gasteiger partial charge on any atom is -0.511 e. The molecule has 7 nitrogen and oxygen atoms in total. The van der Waals surface area contributed by atoms with Crippen molar-refractivity contribution in [2.75, 3.05) is 19.7 Å². The van der Waals surface area contributed by atoms with Crippen molar-refractivity contribution in [3.63, 3.8) is 0 Å². The molecule has 7 heteroatoms. The number of nitrogens with zero attached hydrogens (tertiary/aromatic N) is 1. The van der Waals surface area contributed by atoms with Crippen LogP contribution < -0.4 is 4.74 Å². The number of phenols is 1. The van der Waals surface area contributed by atoms with E-state index in [-0.39, 0.29) is 23.9 Å². The van der Waals surface area contributed by atoms with Crippen LogP contribution in [0.1, 0.15) is 30.5 Å². The van der Waals surface area contributed by atoms with E-state index in [0.29, 0.717) is 22.6 Å². The number of carbonyl (C=O) groups is 2. The van der Waals surface area contributed by atoms with Gasteiger partial charge < -0.3 is 19.7 Å². The summed E-state index contributed by atoms with van der Waals surface area (Å²) >= 11 is 0. The number of aliphatic hydroxyl groups excluding tert-OH is 1. The van der Waals surface area contributed by atoms with E-state index in [0.717, 1.165) is 24.4 Å². The van der Waals surface area contributed by atoms with Gasteiger partial charge in [-0.25, -0.2) is 9.37 Å². The van der Waals surface area contributed by atoms with Crippen LogP contribution in [-0.4, -0.2) is 51.9 Å². The van der Waals surface area contributed by atoms with Gasteiger partial charge in [0.2, 0.25) is 5.71 Å². The van der Waals surface area contributed by atoms with Crippen LogP contribution in [0, 0.1) is 32.6 Å². The number of aromatic hydroxyl groups is 1. The quantitative estimate of drug-likeness (QED) is 0.498. The van der Waals surface area contributed by atoms with Crippen molar-refractivity contribution in [2.24, 2.45) is 11.8 Å². The monoisotopic (exact) mass is 440 g/mol. The summed E-state index contributed by atoms with van der Waals surface area (Å²) in [6.07, 6.45) is 6.60. The first kappa shape index (κ1) is 23.3. The number of ketones is 1. The number of hydrogen-bond donors (Lipinski definition) is 2. The van der Waals surface area contributed by atoms with E-state index in [9.17, 15) is 19.8 Å². The van der Waals surface area contributed by atoms with Gasteiger partial charge in [-0.2, -0.15) is 0 Å². The summed E-state index contributed by atoms with van der Waals surface area (Å²) in [5.74, 6) is -1.13. The third-order valence-electron chi connectivity index (χ3n) is 6.08. The molecule has 1 aromatic rings. The predicted molar refractivity (Wildman–Crippen MR) is 120 cm³/mol. The lowest BCUT2D eigenvalue weighted by Crippen LogP contribution is -2.35. The first-order valence-electron chi connectivity index (χ1n) is 10.8. The Morgan fingerprint density at radius 1 is 1.09 bits per heavy atom. The highest BCUT2D eigenvalue weighted by atomic mass is 16.6. The summed E-state index contributed by atoms with van der Waals surface area (Å²) in [6.45, 7) is 10.6. The third kappa shape index (κ3) is 4.47. The number of allylic oxidation sites excluding steroid dienone is 5. The molecule has 2 N–H and O–H groups in total. The molecule has 0 amide bonds. The Balaban J connectivity index is 1.80. The van der Waals surface area contributed by atoms with Gasteiger partial charge in [-0.15, -0.1) is 0 Å². The predicted octanol–water partition coefficient (Wildman–Crippen LogP) is 3.44. The molecular formula is C25H30NO6+. The maximum absolute atomic E-state index is 12.6. The zero-order valence-corrected chi connectivity index (χ0v) is 19.1. The Morgan fingerprint density at radius 3 is 2.38 bits per heavy atom. The lowest BCUT2D eigenvalue weighted by atomic mass is 9.76. The van der Waals surface area contributed by atoms with Crippen molar-refractivity contribution < 1.29 is 33.9 Å². The van der Waals surface area contributed by atoms with Gasteiger partial charge in [0.05, 0.1) is 11.8 Å². The molecule has 0 fully saturated rings. The molecule has 170 valence electrons. The van der Waals surface area contributed by atoms with E-state index < -0.39 is 17.8 Å². The molecule has 3 rings (SSSR count). The van der Waals surface area contributed by atoms with E-state index in [1.54, 1.807) is 32.1 Å². The second kappa shape index (κ2) is 9.42. The number of benzene rings is 1. The van der Waals surface area contributed by atoms with Gasteiger partial charge in [-0.3, -0.25) is 4.79 Å². The van der Waals surface area contributed by atoms with Crippen molar-refractivity contribution >= 4 is 17.5 Å². The SMILES string of the molecule is CC[N+](CC)=C1C=CC(C2C(=O)C=C2O)C(OC(=O)COc2cc(C)c(O)c(C)c2C)=C1. The minimum absolute atomic E-state index is 0.0141. The van der Waals surface area contributed by atoms with Crippen molar-refractivity contribution in [2.45, 2.75) is 34.6 Å². The highest BCUT2D eigenvalue weighted by molar-refractivity contribution is 6.04. The number of rotatable bonds is 7. The molecule has 0 saturated heterocycles. The van der Waals surface area contributed by atoms with Gasteiger partial charge >= 0.3 is 5.97 Å². The lowest BCUT2D eigenvalue weighted by molar-refractivity contribution is -0.519. The maximum atomic E-state index is 12.6. The number of hydrogen-bond acceptors (Lipinski definition) is 6. The molecule has 0 aromatic heterocycles. The minimum atomic E-state index is -0.742. The molecule has 0 heterocycles. The molecule has 2 unspecified atom stereocenters. The second-order valence-electron chi connectivity index (χ2n) is 8.03. The van der Waals surface area contributed by atoms with Crippen LogP contribution >= 0.6 is 0 Å². The molecule has 2 atom stereocenters. The van der Waals surface area contributed by atoms with Crippen LogP contribution in [0.15, 0.2) is 41.9 Å². The second-order valence-corrected chi connectivity index (χ2v) is 8.03. The summed E-state index contributed by atoms with van der Waals surface area (Å²) in [6, 6.07) is 1.68. The van der Waals surface area contributed by atoms with E-state index in [2.05, 4.69) is 4.58 Å². The summed E-state index contributed by atoms with van der Waals surface area (Å²) in [5, 5.41) is 20.0. The Labute approximate surface area is 188 Å². The number of ether oxygens (including phenoxy) is 2. The molecular weight excluding hydrogens is 410 g/mol. The zero-order valence-electron chi connectivity index (χ0n) is 19.1. The molecule has 0 saturated carbocycles. The van der Waals surface area contributed by atoms with Gasteiger partial charge in [0.25, 0.3) is 0 Å². The molecule has 0 bridgehead atoms. The van der Waals surface area contributed by atoms with Crippen LogP contribution in [0.5, 0.6) is 11.5 Å². The summed E-state index contributed by atoms with van der Waals surface area (Å²) < 4.78 is 13.4. The molecule has 2 aliphatic carbocycles. The zero-order chi connectivity index (χ0) is 23.6. The fraction of sp³-hybridized carbons (Fsp3) is 0.400. The van der Waals surface area contributed by atoms with Gasteiger partial charge in [0.1, 0.15) is 36.1 Å². The largest absolute Gasteiger partial charge is 0.511 e. The van der Waals surface area contributed by atoms with Crippen LogP contribution in [0.2, 0.25) is 0 Å². The lowest BCUT2D eigenvalue weighted by Gasteiger charge is -2.30. The topological polar surface area (TPSA) is 96.1 Å². The summed E-state index contributed by atoms with van der Waals surface area (Å²) in [7, 11) is 0. The van der Waals surface area contributed by atoms with E-state index >= 15 is 0 Å². The van der Waals surface area contributed by atoms with Gasteiger partial charge in [-0.1, -0.05) is 6.08 Å². The van der Waals surface area contributed by atoms with E-state index in [1.165, 1.54) is 6.08 Å². The fourth-order valence-electron chi connectivity index (χ4n) is 3.96. The van der Waals surface area contributed by atoms with Gasteiger partial charge in [0.15, 0.2) is 12.4 Å². The Kier molecular flexibility index (Phi) is 6.87. The van der Waals surface area contributed by atoms with Gasteiger partial charge in [-0.05, 0) is 57.4 Å². The molecule has 1 aromatic carbocycles. The molecule has 32 heavy (non-hydrogen) atoms. The van der Waals surface area contributed by atoms with E-state index in [1.807, 2.05) is 26.8 Å². The van der Waals surface area contributed by atoms with Crippen LogP contribution in [0.3, 0.4) is 0 Å². The van der Waals surface area contributed by atoms with Crippen LogP contribution in [0.25, 0.3) is 0 Å². The average Bonchev–Trinajstić information content (AvgIpc) is 2.76. The molecule has 0 radical (unpaired) electrons. The highest BCUT2D eigenvalue weighted by Crippen LogP contribution is 2.37. The molecule has 0 aliphatic heterocycles. The first-order chi connectivity index (χ1) is 15.2. The summed E-state index contributed by atoms with van der Waals surface area (Å²) in [5.41, 5.74) is 2.95. The average molecular weight is 441 g/mol. The number of esters is 1. The Bertz CT molecular complexity index is 1070. The van der Waals surface area contributed by atoms with Crippen molar-refractivity contribution in [1.82, 2.24) is 0 Å². The normalized spacial score (nSPS) is 19.8. The van der Waals surface area contributed by atoms with Crippen molar-refractivity contribution in [3.05, 3.63) is 58.6 Å². The molecule has 0 spiro atoms. The van der Waals surface area contributed by atoms with Gasteiger partial charge in [0, 0.05) is 18.2 Å². The number of aliphatic hydroxyl groups is 1. The fourth-order valence-corrected chi connectivity index (χ4v) is 3.96. The maximum Gasteiger partial charge on any atom is 0.349 e. The third-order valence-corrected chi connectivity index (χ3v) is 6.08. The number of aryl methyl sites for hydroxylation is 1. The smallest absolute Gasteiger partial charge is 0.349 e. The van der Waals surface area contributed by atoms with Crippen molar-refractivity contribution in [3.8, 4) is 11.5 Å². The summed E-state index contributed by atoms with van der Waals surface area (Å²) in [4.78, 5) is 24.7. The number of phenolic OH excluding ortho intramolecular Hbond substituents is 1. The number of carbonyl (C=O) groups excluding carboxylic acids is 2. The Morgan fingerprint density at radius 2 is 1.78 bits per heavy atom. The van der Waals surface area contributed by atoms with E-state index in [4.69, 9.17) is 9.47 Å². The highest BCUT2D eigenvalue weighted by Gasteiger charge is 2.41.